The molecule has 5 heteroatoms. The number of hydrogen-bond donors (Lipinski definition) is 1. The Labute approximate surface area is 116 Å². The molecule has 0 fully saturated rings. The van der Waals surface area contributed by atoms with E-state index in [1.54, 1.807) is 25.1 Å². The van der Waals surface area contributed by atoms with Gasteiger partial charge in [-0.05, 0) is 49.7 Å². The highest BCUT2D eigenvalue weighted by atomic mass is 32.1. The van der Waals surface area contributed by atoms with Crippen molar-refractivity contribution < 1.29 is 9.13 Å². The van der Waals surface area contributed by atoms with Crippen molar-refractivity contribution in [2.24, 2.45) is 5.73 Å². The molecule has 0 saturated carbocycles. The fourth-order valence-electron chi connectivity index (χ4n) is 1.63. The largest absolute Gasteiger partial charge is 0.438 e. The van der Waals surface area contributed by atoms with Crippen molar-refractivity contribution in [2.45, 2.75) is 13.8 Å². The Balaban J connectivity index is 2.42. The molecule has 0 saturated heterocycles. The molecule has 0 unspecified atom stereocenters. The number of hydrogen-bond acceptors (Lipinski definition) is 3. The summed E-state index contributed by atoms with van der Waals surface area (Å²) in [5.41, 5.74) is 7.66. The molecule has 0 aliphatic carbocycles. The number of aromatic nitrogens is 1. The summed E-state index contributed by atoms with van der Waals surface area (Å²) in [7, 11) is 0. The lowest BCUT2D eigenvalue weighted by Crippen LogP contribution is -2.12. The number of pyridine rings is 1. The van der Waals surface area contributed by atoms with E-state index in [4.69, 9.17) is 22.7 Å². The molecule has 19 heavy (non-hydrogen) atoms. The van der Waals surface area contributed by atoms with E-state index in [-0.39, 0.29) is 10.8 Å². The summed E-state index contributed by atoms with van der Waals surface area (Å²) in [6.07, 6.45) is 0. The highest BCUT2D eigenvalue weighted by Gasteiger charge is 2.11. The average Bonchev–Trinajstić information content (AvgIpc) is 2.32. The van der Waals surface area contributed by atoms with Crippen LogP contribution in [-0.4, -0.2) is 9.97 Å². The van der Waals surface area contributed by atoms with Gasteiger partial charge in [0.25, 0.3) is 0 Å². The molecule has 0 spiro atoms. The Hall–Kier alpha value is -2.01. The van der Waals surface area contributed by atoms with Crippen LogP contribution in [0.5, 0.6) is 11.6 Å². The van der Waals surface area contributed by atoms with Crippen LogP contribution in [0.1, 0.15) is 16.8 Å². The second-order valence-corrected chi connectivity index (χ2v) is 4.62. The number of nitrogens with zero attached hydrogens (tertiary/aromatic N) is 1. The highest BCUT2D eigenvalue weighted by Crippen LogP contribution is 2.27. The Kier molecular flexibility index (Phi) is 3.76. The molecule has 1 heterocycles. The van der Waals surface area contributed by atoms with Gasteiger partial charge >= 0.3 is 0 Å². The van der Waals surface area contributed by atoms with Gasteiger partial charge in [0.1, 0.15) is 16.6 Å². The van der Waals surface area contributed by atoms with Crippen LogP contribution >= 0.6 is 12.2 Å². The third kappa shape index (κ3) is 3.06. The van der Waals surface area contributed by atoms with Gasteiger partial charge in [0.05, 0.1) is 5.56 Å². The first kappa shape index (κ1) is 13.4. The first-order chi connectivity index (χ1) is 8.97. The number of benzene rings is 1. The fraction of sp³-hybridized carbons (Fsp3) is 0.143. The van der Waals surface area contributed by atoms with E-state index < -0.39 is 0 Å². The summed E-state index contributed by atoms with van der Waals surface area (Å²) in [5, 5.41) is 0. The zero-order valence-electron chi connectivity index (χ0n) is 10.6. The summed E-state index contributed by atoms with van der Waals surface area (Å²) >= 11 is 4.96. The number of nitrogens with two attached hydrogens (primary N) is 1. The third-order valence-electron chi connectivity index (χ3n) is 2.61. The van der Waals surface area contributed by atoms with Crippen LogP contribution in [0.25, 0.3) is 0 Å². The van der Waals surface area contributed by atoms with Crippen molar-refractivity contribution in [2.75, 3.05) is 0 Å². The first-order valence-corrected chi connectivity index (χ1v) is 6.09. The Morgan fingerprint density at radius 2 is 2.00 bits per heavy atom. The first-order valence-electron chi connectivity index (χ1n) is 5.69. The van der Waals surface area contributed by atoms with E-state index in [2.05, 4.69) is 4.98 Å². The third-order valence-corrected chi connectivity index (χ3v) is 2.83. The number of ether oxygens (including phenoxy) is 1. The number of thiocarbonyl (C=S) groups is 1. The van der Waals surface area contributed by atoms with Crippen LogP contribution < -0.4 is 10.5 Å². The van der Waals surface area contributed by atoms with Gasteiger partial charge in [-0.3, -0.25) is 0 Å². The van der Waals surface area contributed by atoms with Crippen LogP contribution in [0.15, 0.2) is 30.3 Å². The molecule has 0 atom stereocenters. The summed E-state index contributed by atoms with van der Waals surface area (Å²) in [4.78, 5) is 4.48. The van der Waals surface area contributed by atoms with Gasteiger partial charge in [-0.1, -0.05) is 12.2 Å². The second kappa shape index (κ2) is 5.32. The molecule has 1 aromatic heterocycles. The van der Waals surface area contributed by atoms with Crippen molar-refractivity contribution in [1.82, 2.24) is 4.98 Å². The Morgan fingerprint density at radius 3 is 2.63 bits per heavy atom. The van der Waals surface area contributed by atoms with Gasteiger partial charge in [-0.25, -0.2) is 9.37 Å². The molecule has 1 aromatic carbocycles. The van der Waals surface area contributed by atoms with Gasteiger partial charge < -0.3 is 10.5 Å². The minimum absolute atomic E-state index is 0.210. The zero-order valence-corrected chi connectivity index (χ0v) is 11.4. The topological polar surface area (TPSA) is 48.1 Å². The van der Waals surface area contributed by atoms with Gasteiger partial charge in [-0.2, -0.15) is 0 Å². The maximum atomic E-state index is 13.0. The molecule has 0 amide bonds. The normalized spacial score (nSPS) is 10.3. The SMILES string of the molecule is Cc1ccc(C(N)=S)c(Oc2ccc(F)cc2C)n1. The lowest BCUT2D eigenvalue weighted by atomic mass is 10.2. The van der Waals surface area contributed by atoms with Gasteiger partial charge in [-0.15, -0.1) is 0 Å². The summed E-state index contributed by atoms with van der Waals surface area (Å²) in [5.74, 6) is 0.552. The lowest BCUT2D eigenvalue weighted by molar-refractivity contribution is 0.455. The van der Waals surface area contributed by atoms with Crippen LogP contribution in [0.2, 0.25) is 0 Å². The van der Waals surface area contributed by atoms with Crippen molar-refractivity contribution in [3.63, 3.8) is 0 Å². The number of rotatable bonds is 3. The quantitative estimate of drug-likeness (QED) is 0.874. The van der Waals surface area contributed by atoms with E-state index in [1.165, 1.54) is 12.1 Å². The van der Waals surface area contributed by atoms with Crippen molar-refractivity contribution in [3.8, 4) is 11.6 Å². The van der Waals surface area contributed by atoms with E-state index >= 15 is 0 Å². The fourth-order valence-corrected chi connectivity index (χ4v) is 1.79. The minimum Gasteiger partial charge on any atom is -0.438 e. The highest BCUT2D eigenvalue weighted by molar-refractivity contribution is 7.80. The molecule has 0 aliphatic rings. The second-order valence-electron chi connectivity index (χ2n) is 4.18. The van der Waals surface area contributed by atoms with Crippen molar-refractivity contribution in [3.05, 3.63) is 53.0 Å². The van der Waals surface area contributed by atoms with Gasteiger partial charge in [0.15, 0.2) is 0 Å². The summed E-state index contributed by atoms with van der Waals surface area (Å²) < 4.78 is 18.7. The molecule has 0 bridgehead atoms. The molecule has 3 nitrogen and oxygen atoms in total. The monoisotopic (exact) mass is 276 g/mol. The molecule has 2 N–H and O–H groups in total. The minimum atomic E-state index is -0.309. The van der Waals surface area contributed by atoms with Crippen LogP contribution in [0.3, 0.4) is 0 Å². The van der Waals surface area contributed by atoms with Crippen LogP contribution in [0, 0.1) is 19.7 Å². The van der Waals surface area contributed by atoms with Crippen LogP contribution in [0.4, 0.5) is 4.39 Å². The number of aryl methyl sites for hydroxylation is 2. The summed E-state index contributed by atoms with van der Waals surface area (Å²) in [6, 6.07) is 7.85. The predicted molar refractivity (Wildman–Crippen MR) is 76.1 cm³/mol. The average molecular weight is 276 g/mol. The smallest absolute Gasteiger partial charge is 0.229 e. The molecular weight excluding hydrogens is 263 g/mol. The molecular formula is C14H13FN2OS. The van der Waals surface area contributed by atoms with E-state index in [0.29, 0.717) is 22.8 Å². The zero-order chi connectivity index (χ0) is 14.0. The maximum Gasteiger partial charge on any atom is 0.229 e. The standard InChI is InChI=1S/C14H13FN2OS/c1-8-7-10(15)4-6-12(8)18-14-11(13(16)19)5-3-9(2)17-14/h3-7H,1-2H3,(H2,16,19). The van der Waals surface area contributed by atoms with E-state index in [0.717, 1.165) is 5.69 Å². The molecule has 0 aliphatic heterocycles. The molecule has 98 valence electrons. The summed E-state index contributed by atoms with van der Waals surface area (Å²) in [6.45, 7) is 3.60. The molecule has 2 aromatic rings. The van der Waals surface area contributed by atoms with Gasteiger partial charge in [0, 0.05) is 5.69 Å². The van der Waals surface area contributed by atoms with E-state index in [9.17, 15) is 4.39 Å². The van der Waals surface area contributed by atoms with Gasteiger partial charge in [0.2, 0.25) is 5.88 Å². The predicted octanol–water partition coefficient (Wildman–Crippen LogP) is 3.26. The van der Waals surface area contributed by atoms with Crippen molar-refractivity contribution >= 4 is 17.2 Å². The molecule has 0 radical (unpaired) electrons. The lowest BCUT2D eigenvalue weighted by Gasteiger charge is -2.11. The maximum absolute atomic E-state index is 13.0. The number of halogens is 1. The Morgan fingerprint density at radius 1 is 1.26 bits per heavy atom. The molecule has 2 rings (SSSR count). The van der Waals surface area contributed by atoms with E-state index in [1.807, 2.05) is 6.92 Å². The Bertz CT molecular complexity index is 643. The van der Waals surface area contributed by atoms with Crippen LogP contribution in [-0.2, 0) is 0 Å². The van der Waals surface area contributed by atoms with Crippen molar-refractivity contribution in [1.29, 1.82) is 0 Å².